The highest BCUT2D eigenvalue weighted by atomic mass is 32.2. The zero-order valence-electron chi connectivity index (χ0n) is 17.3. The highest BCUT2D eigenvalue weighted by Gasteiger charge is 2.54. The summed E-state index contributed by atoms with van der Waals surface area (Å²) in [6, 6.07) is 15.5. The van der Waals surface area contributed by atoms with Crippen LogP contribution in [0.3, 0.4) is 0 Å². The molecule has 0 bridgehead atoms. The maximum atomic E-state index is 15.0. The minimum Gasteiger partial charge on any atom is -0.386 e. The van der Waals surface area contributed by atoms with Crippen molar-refractivity contribution in [1.29, 1.82) is 5.26 Å². The van der Waals surface area contributed by atoms with Crippen molar-refractivity contribution in [1.82, 2.24) is 0 Å². The number of halogens is 2. The Balaban J connectivity index is 1.85. The fourth-order valence-corrected chi connectivity index (χ4v) is 7.28. The normalized spacial score (nSPS) is 24.5. The highest BCUT2D eigenvalue weighted by molar-refractivity contribution is 7.93. The van der Waals surface area contributed by atoms with Gasteiger partial charge < -0.3 is 5.73 Å². The van der Waals surface area contributed by atoms with Gasteiger partial charge in [0.1, 0.15) is 23.0 Å². The van der Waals surface area contributed by atoms with Crippen LogP contribution in [0.25, 0.3) is 10.4 Å². The molecular weight excluding hydrogens is 452 g/mol. The number of hydrogen-bond donors (Lipinski definition) is 1. The monoisotopic (exact) mass is 471 g/mol. The summed E-state index contributed by atoms with van der Waals surface area (Å²) >= 11 is 1.05. The first-order valence-corrected chi connectivity index (χ1v) is 12.1. The second-order valence-corrected chi connectivity index (χ2v) is 11.4. The van der Waals surface area contributed by atoms with Crippen LogP contribution in [0.1, 0.15) is 29.9 Å². The van der Waals surface area contributed by atoms with Crippen molar-refractivity contribution in [3.05, 3.63) is 82.2 Å². The quantitative estimate of drug-likeness (QED) is 0.609. The molecule has 0 aliphatic carbocycles. The van der Waals surface area contributed by atoms with E-state index in [0.717, 1.165) is 17.4 Å². The molecule has 0 spiro atoms. The van der Waals surface area contributed by atoms with Gasteiger partial charge in [-0.25, -0.2) is 17.2 Å². The van der Waals surface area contributed by atoms with Gasteiger partial charge in [0, 0.05) is 10.4 Å². The number of sulfone groups is 1. The first-order valence-electron chi connectivity index (χ1n) is 9.65. The Morgan fingerprint density at radius 3 is 2.47 bits per heavy atom. The van der Waals surface area contributed by atoms with Crippen LogP contribution in [0.4, 0.5) is 8.78 Å². The summed E-state index contributed by atoms with van der Waals surface area (Å²) in [6.07, 6.45) is 0. The van der Waals surface area contributed by atoms with Crippen LogP contribution in [0, 0.1) is 23.0 Å². The average molecular weight is 472 g/mol. The predicted molar refractivity (Wildman–Crippen MR) is 121 cm³/mol. The number of rotatable bonds is 3. The van der Waals surface area contributed by atoms with Crippen molar-refractivity contribution in [3.63, 3.8) is 0 Å². The summed E-state index contributed by atoms with van der Waals surface area (Å²) in [6.45, 7) is 2.82. The lowest BCUT2D eigenvalue weighted by Gasteiger charge is -2.39. The zero-order chi connectivity index (χ0) is 23.3. The van der Waals surface area contributed by atoms with Gasteiger partial charge >= 0.3 is 0 Å². The van der Waals surface area contributed by atoms with E-state index in [0.29, 0.717) is 16.0 Å². The number of nitrogens with zero attached hydrogens (tertiary/aromatic N) is 2. The second kappa shape index (κ2) is 7.50. The van der Waals surface area contributed by atoms with Crippen LogP contribution < -0.4 is 5.73 Å². The van der Waals surface area contributed by atoms with Gasteiger partial charge in [-0.3, -0.25) is 4.99 Å². The predicted octanol–water partition coefficient (Wildman–Crippen LogP) is 4.48. The van der Waals surface area contributed by atoms with Gasteiger partial charge in [0.25, 0.3) is 0 Å². The molecule has 2 atom stereocenters. The smallest absolute Gasteiger partial charge is 0.169 e. The number of benzene rings is 2. The van der Waals surface area contributed by atoms with Crippen molar-refractivity contribution < 1.29 is 17.2 Å². The molecule has 164 valence electrons. The van der Waals surface area contributed by atoms with Crippen molar-refractivity contribution >= 4 is 27.0 Å². The van der Waals surface area contributed by atoms with Gasteiger partial charge in [0.2, 0.25) is 0 Å². The topological polar surface area (TPSA) is 96.3 Å². The van der Waals surface area contributed by atoms with Gasteiger partial charge in [-0.1, -0.05) is 30.3 Å². The lowest BCUT2D eigenvalue weighted by atomic mass is 9.96. The van der Waals surface area contributed by atoms with Crippen molar-refractivity contribution in [2.45, 2.75) is 24.1 Å². The molecule has 0 saturated carbocycles. The molecule has 5 nitrogen and oxygen atoms in total. The molecule has 32 heavy (non-hydrogen) atoms. The van der Waals surface area contributed by atoms with E-state index in [4.69, 9.17) is 11.0 Å². The van der Waals surface area contributed by atoms with E-state index in [1.54, 1.807) is 24.3 Å². The summed E-state index contributed by atoms with van der Waals surface area (Å²) in [5.41, 5.74) is 5.64. The Kier molecular flexibility index (Phi) is 5.18. The molecule has 0 amide bonds. The lowest BCUT2D eigenvalue weighted by Crippen LogP contribution is -2.54. The van der Waals surface area contributed by atoms with Crippen molar-refractivity contribution in [2.75, 3.05) is 5.75 Å². The Morgan fingerprint density at radius 1 is 1.09 bits per heavy atom. The van der Waals surface area contributed by atoms with Gasteiger partial charge in [0.05, 0.1) is 22.3 Å². The molecule has 2 N–H and O–H groups in total. The molecule has 0 saturated heterocycles. The molecule has 4 rings (SSSR count). The van der Waals surface area contributed by atoms with E-state index in [-0.39, 0.29) is 16.3 Å². The molecule has 0 unspecified atom stereocenters. The van der Waals surface area contributed by atoms with Crippen molar-refractivity contribution in [2.24, 2.45) is 10.7 Å². The van der Waals surface area contributed by atoms with Crippen LogP contribution in [0.15, 0.2) is 59.6 Å². The molecule has 2 aromatic carbocycles. The Morgan fingerprint density at radius 2 is 1.81 bits per heavy atom. The minimum atomic E-state index is -4.09. The van der Waals surface area contributed by atoms with Crippen molar-refractivity contribution in [3.8, 4) is 16.5 Å². The average Bonchev–Trinajstić information content (AvgIpc) is 3.14. The standard InChI is InChI=1S/C23H19F2N3O2S2/c1-22(20-18(25)11-19(31-20)15-7-5-6-14(10-15)12-26)13-32(29,30)23(2,21(27)28-22)16-8-3-4-9-17(16)24/h3-11H,13H2,1-2H3,(H2,27,28)/t22-,23-/m0/s1. The van der Waals surface area contributed by atoms with Gasteiger partial charge in [0.15, 0.2) is 14.6 Å². The lowest BCUT2D eigenvalue weighted by molar-refractivity contribution is 0.479. The number of nitriles is 1. The minimum absolute atomic E-state index is 0.0936. The van der Waals surface area contributed by atoms with E-state index in [1.165, 1.54) is 38.1 Å². The highest BCUT2D eigenvalue weighted by Crippen LogP contribution is 2.46. The van der Waals surface area contributed by atoms with Gasteiger partial charge in [-0.15, -0.1) is 11.3 Å². The van der Waals surface area contributed by atoms with E-state index < -0.39 is 37.5 Å². The maximum absolute atomic E-state index is 15.0. The number of thiophene rings is 1. The second-order valence-electron chi connectivity index (χ2n) is 8.02. The molecule has 1 aromatic heterocycles. The first-order chi connectivity index (χ1) is 15.0. The van der Waals surface area contributed by atoms with E-state index in [1.807, 2.05) is 6.07 Å². The summed E-state index contributed by atoms with van der Waals surface area (Å²) < 4.78 is 54.6. The third-order valence-corrected chi connectivity index (χ3v) is 9.82. The Bertz CT molecular complexity index is 1410. The zero-order valence-corrected chi connectivity index (χ0v) is 18.9. The first kappa shape index (κ1) is 22.1. The van der Waals surface area contributed by atoms with E-state index >= 15 is 4.39 Å². The van der Waals surface area contributed by atoms with E-state index in [2.05, 4.69) is 4.99 Å². The molecule has 0 radical (unpaired) electrons. The maximum Gasteiger partial charge on any atom is 0.169 e. The molecule has 3 aromatic rings. The van der Waals surface area contributed by atoms with Crippen LogP contribution in [-0.2, 0) is 20.1 Å². The summed E-state index contributed by atoms with van der Waals surface area (Å²) in [4.78, 5) is 5.06. The number of aliphatic imine (C=N–C) groups is 1. The SMILES string of the molecule is C[C@@]1(c2sc(-c3cccc(C#N)c3)cc2F)CS(=O)(=O)[C@@](C)(c2ccccc2F)C(N)=N1. The van der Waals surface area contributed by atoms with E-state index in [9.17, 15) is 12.8 Å². The summed E-state index contributed by atoms with van der Waals surface area (Å²) in [5.74, 6) is -2.16. The van der Waals surface area contributed by atoms with Gasteiger partial charge in [-0.05, 0) is 43.7 Å². The Hall–Kier alpha value is -3.09. The fraction of sp³-hybridized carbons (Fsp3) is 0.217. The van der Waals surface area contributed by atoms with Crippen LogP contribution >= 0.6 is 11.3 Å². The molecular formula is C23H19F2N3O2S2. The molecule has 1 aliphatic rings. The largest absolute Gasteiger partial charge is 0.386 e. The third-order valence-electron chi connectivity index (χ3n) is 5.79. The fourth-order valence-electron chi connectivity index (χ4n) is 3.97. The molecule has 2 heterocycles. The molecule has 0 fully saturated rings. The molecule has 1 aliphatic heterocycles. The van der Waals surface area contributed by atoms with Crippen LogP contribution in [0.5, 0.6) is 0 Å². The summed E-state index contributed by atoms with van der Waals surface area (Å²) in [7, 11) is -4.09. The van der Waals surface area contributed by atoms with Gasteiger partial charge in [-0.2, -0.15) is 5.26 Å². The number of amidine groups is 1. The summed E-state index contributed by atoms with van der Waals surface area (Å²) in [5, 5.41) is 9.12. The number of nitrogens with two attached hydrogens (primary N) is 1. The van der Waals surface area contributed by atoms with Crippen LogP contribution in [0.2, 0.25) is 0 Å². The third kappa shape index (κ3) is 3.31. The Labute approximate surface area is 188 Å². The van der Waals surface area contributed by atoms with Crippen LogP contribution in [-0.4, -0.2) is 20.0 Å². The molecule has 9 heteroatoms. The number of hydrogen-bond acceptors (Lipinski definition) is 6.